The molecule has 0 bridgehead atoms. The SMILES string of the molecule is CC(C)(C)OC(=O)N[C@H](c1ccn(C(F)F)n1)C1CC1. The van der Waals surface area contributed by atoms with Crippen LogP contribution >= 0.6 is 0 Å². The molecule has 5 nitrogen and oxygen atoms in total. The lowest BCUT2D eigenvalue weighted by Crippen LogP contribution is -2.36. The van der Waals surface area contributed by atoms with Crippen LogP contribution in [0.3, 0.4) is 0 Å². The number of hydrogen-bond acceptors (Lipinski definition) is 3. The molecule has 7 heteroatoms. The highest BCUT2D eigenvalue weighted by molar-refractivity contribution is 5.68. The number of hydrogen-bond donors (Lipinski definition) is 1. The van der Waals surface area contributed by atoms with Gasteiger partial charge >= 0.3 is 12.6 Å². The summed E-state index contributed by atoms with van der Waals surface area (Å²) < 4.78 is 30.8. The lowest BCUT2D eigenvalue weighted by atomic mass is 10.1. The third-order valence-corrected chi connectivity index (χ3v) is 2.91. The minimum absolute atomic E-state index is 0.239. The molecule has 1 aromatic heterocycles. The van der Waals surface area contributed by atoms with Gasteiger partial charge in [0.05, 0.1) is 11.7 Å². The van der Waals surface area contributed by atoms with Gasteiger partial charge in [-0.15, -0.1) is 0 Å². The summed E-state index contributed by atoms with van der Waals surface area (Å²) >= 11 is 0. The van der Waals surface area contributed by atoms with Crippen LogP contribution in [0.15, 0.2) is 12.3 Å². The Morgan fingerprint density at radius 1 is 1.50 bits per heavy atom. The summed E-state index contributed by atoms with van der Waals surface area (Å²) in [5, 5.41) is 6.54. The monoisotopic (exact) mass is 287 g/mol. The zero-order valence-electron chi connectivity index (χ0n) is 11.8. The molecule has 1 atom stereocenters. The van der Waals surface area contributed by atoms with Gasteiger partial charge in [-0.05, 0) is 45.6 Å². The molecule has 1 fully saturated rings. The maximum absolute atomic E-state index is 12.5. The van der Waals surface area contributed by atoms with E-state index in [-0.39, 0.29) is 12.0 Å². The molecule has 20 heavy (non-hydrogen) atoms. The van der Waals surface area contributed by atoms with Crippen LogP contribution in [0.25, 0.3) is 0 Å². The Bertz CT molecular complexity index is 478. The van der Waals surface area contributed by atoms with E-state index in [1.54, 1.807) is 20.8 Å². The Balaban J connectivity index is 2.05. The van der Waals surface area contributed by atoms with Crippen LogP contribution in [0.4, 0.5) is 13.6 Å². The Morgan fingerprint density at radius 2 is 2.15 bits per heavy atom. The summed E-state index contributed by atoms with van der Waals surface area (Å²) in [5.41, 5.74) is -0.154. The first-order valence-electron chi connectivity index (χ1n) is 6.59. The Labute approximate surface area is 116 Å². The van der Waals surface area contributed by atoms with Gasteiger partial charge < -0.3 is 10.1 Å². The third-order valence-electron chi connectivity index (χ3n) is 2.91. The normalized spacial score (nSPS) is 17.1. The van der Waals surface area contributed by atoms with Gasteiger partial charge in [-0.3, -0.25) is 0 Å². The molecule has 1 aliphatic carbocycles. The second kappa shape index (κ2) is 5.38. The molecule has 1 aliphatic rings. The molecule has 1 saturated carbocycles. The second-order valence-electron chi connectivity index (χ2n) is 5.96. The number of halogens is 2. The fourth-order valence-corrected chi connectivity index (χ4v) is 1.92. The first-order valence-corrected chi connectivity index (χ1v) is 6.59. The predicted molar refractivity (Wildman–Crippen MR) is 68.3 cm³/mol. The van der Waals surface area contributed by atoms with E-state index >= 15 is 0 Å². The molecule has 1 heterocycles. The highest BCUT2D eigenvalue weighted by Crippen LogP contribution is 2.40. The summed E-state index contributed by atoms with van der Waals surface area (Å²) in [5.74, 6) is 0.239. The number of ether oxygens (including phenoxy) is 1. The molecule has 0 aromatic carbocycles. The summed E-state index contributed by atoms with van der Waals surface area (Å²) in [4.78, 5) is 11.8. The van der Waals surface area contributed by atoms with Crippen LogP contribution in [0, 0.1) is 5.92 Å². The number of nitrogens with zero attached hydrogens (tertiary/aromatic N) is 2. The number of alkyl halides is 2. The first-order chi connectivity index (χ1) is 9.26. The van der Waals surface area contributed by atoms with Gasteiger partial charge in [0, 0.05) is 6.20 Å². The molecule has 0 saturated heterocycles. The van der Waals surface area contributed by atoms with E-state index in [9.17, 15) is 13.6 Å². The van der Waals surface area contributed by atoms with Crippen molar-refractivity contribution in [2.24, 2.45) is 5.92 Å². The fraction of sp³-hybridized carbons (Fsp3) is 0.692. The number of nitrogens with one attached hydrogen (secondary N) is 1. The Morgan fingerprint density at radius 3 is 2.60 bits per heavy atom. The van der Waals surface area contributed by atoms with Gasteiger partial charge in [-0.25, -0.2) is 9.48 Å². The van der Waals surface area contributed by atoms with Crippen LogP contribution in [0.2, 0.25) is 0 Å². The highest BCUT2D eigenvalue weighted by Gasteiger charge is 2.36. The molecule has 0 aliphatic heterocycles. The van der Waals surface area contributed by atoms with Crippen LogP contribution in [0.1, 0.15) is 51.9 Å². The Kier molecular flexibility index (Phi) is 3.96. The topological polar surface area (TPSA) is 56.1 Å². The molecular formula is C13H19F2N3O2. The summed E-state index contributed by atoms with van der Waals surface area (Å²) in [6, 6.07) is 1.14. The van der Waals surface area contributed by atoms with Crippen molar-refractivity contribution in [3.05, 3.63) is 18.0 Å². The molecule has 112 valence electrons. The van der Waals surface area contributed by atoms with Crippen LogP contribution < -0.4 is 5.32 Å². The van der Waals surface area contributed by atoms with Crippen molar-refractivity contribution in [3.63, 3.8) is 0 Å². The van der Waals surface area contributed by atoms with E-state index in [0.717, 1.165) is 12.8 Å². The average molecular weight is 287 g/mol. The van der Waals surface area contributed by atoms with Crippen molar-refractivity contribution in [1.82, 2.24) is 15.1 Å². The average Bonchev–Trinajstić information content (AvgIpc) is 3.00. The molecule has 0 radical (unpaired) electrons. The van der Waals surface area contributed by atoms with Crippen molar-refractivity contribution in [3.8, 4) is 0 Å². The van der Waals surface area contributed by atoms with E-state index < -0.39 is 18.2 Å². The van der Waals surface area contributed by atoms with Crippen LogP contribution in [0.5, 0.6) is 0 Å². The third kappa shape index (κ3) is 3.91. The van der Waals surface area contributed by atoms with Crippen LogP contribution in [-0.2, 0) is 4.74 Å². The minimum atomic E-state index is -2.68. The number of amides is 1. The van der Waals surface area contributed by atoms with E-state index in [4.69, 9.17) is 4.74 Å². The minimum Gasteiger partial charge on any atom is -0.444 e. The zero-order valence-corrected chi connectivity index (χ0v) is 11.8. The summed E-state index contributed by atoms with van der Waals surface area (Å²) in [6.07, 6.45) is 2.55. The zero-order chi connectivity index (χ0) is 14.9. The smallest absolute Gasteiger partial charge is 0.408 e. The molecule has 1 aromatic rings. The molecule has 2 rings (SSSR count). The second-order valence-corrected chi connectivity index (χ2v) is 5.96. The number of aromatic nitrogens is 2. The lowest BCUT2D eigenvalue weighted by Gasteiger charge is -2.22. The van der Waals surface area contributed by atoms with Gasteiger partial charge in [0.2, 0.25) is 0 Å². The molecule has 1 amide bonds. The lowest BCUT2D eigenvalue weighted by molar-refractivity contribution is 0.0490. The van der Waals surface area contributed by atoms with Gasteiger partial charge in [0.15, 0.2) is 0 Å². The highest BCUT2D eigenvalue weighted by atomic mass is 19.3. The van der Waals surface area contributed by atoms with Gasteiger partial charge in [-0.1, -0.05) is 0 Å². The van der Waals surface area contributed by atoms with Gasteiger partial charge in [-0.2, -0.15) is 13.9 Å². The largest absolute Gasteiger partial charge is 0.444 e. The fourth-order valence-electron chi connectivity index (χ4n) is 1.92. The summed E-state index contributed by atoms with van der Waals surface area (Å²) in [7, 11) is 0. The standard InChI is InChI=1S/C13H19F2N3O2/c1-13(2,3)20-12(19)16-10(8-4-5-8)9-6-7-18(17-9)11(14)15/h6-8,10-11H,4-5H2,1-3H3,(H,16,19)/t10-/m0/s1. The van der Waals surface area contributed by atoms with E-state index in [1.165, 1.54) is 12.3 Å². The van der Waals surface area contributed by atoms with E-state index in [0.29, 0.717) is 10.4 Å². The molecular weight excluding hydrogens is 268 g/mol. The molecule has 0 spiro atoms. The van der Waals surface area contributed by atoms with Crippen molar-refractivity contribution >= 4 is 6.09 Å². The molecule has 0 unspecified atom stereocenters. The number of carbonyl (C=O) groups excluding carboxylic acids is 1. The quantitative estimate of drug-likeness (QED) is 0.924. The molecule has 1 N–H and O–H groups in total. The maximum Gasteiger partial charge on any atom is 0.408 e. The van der Waals surface area contributed by atoms with Crippen molar-refractivity contribution in [1.29, 1.82) is 0 Å². The number of carbonyl (C=O) groups is 1. The van der Waals surface area contributed by atoms with E-state index in [2.05, 4.69) is 10.4 Å². The van der Waals surface area contributed by atoms with E-state index in [1.807, 2.05) is 0 Å². The predicted octanol–water partition coefficient (Wildman–Crippen LogP) is 3.25. The Hall–Kier alpha value is -1.66. The summed E-state index contributed by atoms with van der Waals surface area (Å²) in [6.45, 7) is 2.63. The van der Waals surface area contributed by atoms with Crippen molar-refractivity contribution < 1.29 is 18.3 Å². The van der Waals surface area contributed by atoms with Crippen molar-refractivity contribution in [2.75, 3.05) is 0 Å². The number of rotatable bonds is 4. The maximum atomic E-state index is 12.5. The van der Waals surface area contributed by atoms with Gasteiger partial charge in [0.1, 0.15) is 5.60 Å². The van der Waals surface area contributed by atoms with Crippen molar-refractivity contribution in [2.45, 2.75) is 51.8 Å². The van der Waals surface area contributed by atoms with Gasteiger partial charge in [0.25, 0.3) is 0 Å². The number of alkyl carbamates (subject to hydrolysis) is 1. The van der Waals surface area contributed by atoms with Crippen LogP contribution in [-0.4, -0.2) is 21.5 Å². The first kappa shape index (κ1) is 14.7.